The van der Waals surface area contributed by atoms with E-state index in [-0.39, 0.29) is 0 Å². The molecule has 1 aromatic rings. The van der Waals surface area contributed by atoms with Crippen LogP contribution in [0.15, 0.2) is 6.20 Å². The van der Waals surface area contributed by atoms with E-state index in [0.29, 0.717) is 11.8 Å². The highest BCUT2D eigenvalue weighted by molar-refractivity contribution is 5.26. The summed E-state index contributed by atoms with van der Waals surface area (Å²) in [5, 5.41) is 4.22. The molecule has 0 aliphatic heterocycles. The molecule has 3 nitrogen and oxygen atoms in total. The van der Waals surface area contributed by atoms with E-state index >= 15 is 0 Å². The van der Waals surface area contributed by atoms with Gasteiger partial charge in [0.15, 0.2) is 0 Å². The summed E-state index contributed by atoms with van der Waals surface area (Å²) in [6.45, 7) is 2.93. The Bertz CT molecular complexity index is 270. The molecular formula is C9H15N3. The van der Waals surface area contributed by atoms with Gasteiger partial charge in [0.25, 0.3) is 0 Å². The number of nitrogens with zero attached hydrogens (tertiary/aromatic N) is 2. The molecule has 0 unspecified atom stereocenters. The third kappa shape index (κ3) is 1.05. The number of aromatic nitrogens is 2. The fraction of sp³-hybridized carbons (Fsp3) is 0.667. The number of hydrogen-bond acceptors (Lipinski definition) is 2. The molecule has 0 bridgehead atoms. The van der Waals surface area contributed by atoms with Crippen molar-refractivity contribution < 1.29 is 0 Å². The molecule has 1 aromatic heterocycles. The highest BCUT2D eigenvalue weighted by atomic mass is 15.3. The minimum absolute atomic E-state index is 0.683. The molecule has 2 rings (SSSR count). The van der Waals surface area contributed by atoms with Gasteiger partial charge in [0.2, 0.25) is 0 Å². The second-order valence-corrected chi connectivity index (χ2v) is 3.67. The zero-order chi connectivity index (χ0) is 8.72. The van der Waals surface area contributed by atoms with Crippen molar-refractivity contribution in [1.29, 1.82) is 0 Å². The molecule has 0 saturated heterocycles. The summed E-state index contributed by atoms with van der Waals surface area (Å²) < 4.78 is 1.98. The molecule has 0 amide bonds. The average Bonchev–Trinajstić information content (AvgIpc) is 2.74. The molecule has 1 saturated carbocycles. The van der Waals surface area contributed by atoms with Crippen LogP contribution in [0.1, 0.15) is 23.6 Å². The Kier molecular flexibility index (Phi) is 1.68. The molecule has 1 aliphatic rings. The Hall–Kier alpha value is -0.830. The smallest absolute Gasteiger partial charge is 0.0521 e. The second-order valence-electron chi connectivity index (χ2n) is 3.67. The van der Waals surface area contributed by atoms with E-state index in [9.17, 15) is 0 Å². The van der Waals surface area contributed by atoms with E-state index in [2.05, 4.69) is 12.0 Å². The highest BCUT2D eigenvalue weighted by Crippen LogP contribution is 2.47. The van der Waals surface area contributed by atoms with Gasteiger partial charge in [-0.25, -0.2) is 0 Å². The fourth-order valence-corrected chi connectivity index (χ4v) is 1.93. The van der Waals surface area contributed by atoms with Crippen molar-refractivity contribution in [2.75, 3.05) is 6.54 Å². The Balaban J connectivity index is 2.23. The molecule has 1 aliphatic carbocycles. The van der Waals surface area contributed by atoms with Gasteiger partial charge in [0.1, 0.15) is 0 Å². The predicted octanol–water partition coefficient (Wildman–Crippen LogP) is 0.791. The molecule has 0 spiro atoms. The first-order valence-electron chi connectivity index (χ1n) is 4.42. The Morgan fingerprint density at radius 3 is 2.92 bits per heavy atom. The van der Waals surface area contributed by atoms with Crippen molar-refractivity contribution in [1.82, 2.24) is 9.78 Å². The topological polar surface area (TPSA) is 43.8 Å². The number of rotatable bonds is 2. The third-order valence-corrected chi connectivity index (χ3v) is 2.75. The normalized spacial score (nSPS) is 27.6. The van der Waals surface area contributed by atoms with Crippen LogP contribution in [0.4, 0.5) is 0 Å². The van der Waals surface area contributed by atoms with Crippen LogP contribution in [0.2, 0.25) is 0 Å². The lowest BCUT2D eigenvalue weighted by atomic mass is 10.1. The summed E-state index contributed by atoms with van der Waals surface area (Å²) in [4.78, 5) is 0. The van der Waals surface area contributed by atoms with Gasteiger partial charge in [-0.05, 0) is 31.4 Å². The van der Waals surface area contributed by atoms with Gasteiger partial charge in [0, 0.05) is 18.7 Å². The molecule has 2 atom stereocenters. The summed E-state index contributed by atoms with van der Waals surface area (Å²) in [5.74, 6) is 1.39. The lowest BCUT2D eigenvalue weighted by Gasteiger charge is -2.01. The maximum absolute atomic E-state index is 5.60. The van der Waals surface area contributed by atoms with E-state index in [1.165, 1.54) is 17.7 Å². The summed E-state index contributed by atoms with van der Waals surface area (Å²) in [5.41, 5.74) is 8.28. The maximum Gasteiger partial charge on any atom is 0.0521 e. The van der Waals surface area contributed by atoms with E-state index in [0.717, 1.165) is 6.54 Å². The van der Waals surface area contributed by atoms with Crippen LogP contribution in [-0.2, 0) is 7.05 Å². The minimum Gasteiger partial charge on any atom is -0.330 e. The zero-order valence-corrected chi connectivity index (χ0v) is 7.62. The van der Waals surface area contributed by atoms with Crippen LogP contribution in [0.5, 0.6) is 0 Å². The average molecular weight is 165 g/mol. The van der Waals surface area contributed by atoms with Gasteiger partial charge >= 0.3 is 0 Å². The summed E-state index contributed by atoms with van der Waals surface area (Å²) in [6, 6.07) is 0. The van der Waals surface area contributed by atoms with Crippen LogP contribution < -0.4 is 5.73 Å². The summed E-state index contributed by atoms with van der Waals surface area (Å²) in [7, 11) is 2.01. The first-order valence-corrected chi connectivity index (χ1v) is 4.42. The summed E-state index contributed by atoms with van der Waals surface area (Å²) >= 11 is 0. The zero-order valence-electron chi connectivity index (χ0n) is 7.62. The molecule has 12 heavy (non-hydrogen) atoms. The van der Waals surface area contributed by atoms with Crippen LogP contribution in [0.25, 0.3) is 0 Å². The number of hydrogen-bond donors (Lipinski definition) is 1. The Morgan fingerprint density at radius 2 is 2.50 bits per heavy atom. The van der Waals surface area contributed by atoms with E-state index in [4.69, 9.17) is 5.73 Å². The maximum atomic E-state index is 5.60. The highest BCUT2D eigenvalue weighted by Gasteiger charge is 2.39. The van der Waals surface area contributed by atoms with Gasteiger partial charge in [0.05, 0.1) is 6.20 Å². The lowest BCUT2D eigenvalue weighted by molar-refractivity contribution is 0.687. The molecule has 1 fully saturated rings. The Morgan fingerprint density at radius 1 is 1.75 bits per heavy atom. The molecule has 0 radical (unpaired) electrons. The lowest BCUT2D eigenvalue weighted by Crippen LogP contribution is -2.04. The van der Waals surface area contributed by atoms with E-state index < -0.39 is 0 Å². The summed E-state index contributed by atoms with van der Waals surface area (Å²) in [6.07, 6.45) is 3.18. The SMILES string of the molecule is Cc1cnn(C)c1[C@@H]1C[C@H]1CN. The van der Waals surface area contributed by atoms with Gasteiger partial charge in [-0.15, -0.1) is 0 Å². The second kappa shape index (κ2) is 2.59. The molecule has 1 heterocycles. The molecule has 2 N–H and O–H groups in total. The van der Waals surface area contributed by atoms with E-state index in [1.54, 1.807) is 0 Å². The molecule has 66 valence electrons. The predicted molar refractivity (Wildman–Crippen MR) is 47.8 cm³/mol. The fourth-order valence-electron chi connectivity index (χ4n) is 1.93. The van der Waals surface area contributed by atoms with Gasteiger partial charge in [-0.1, -0.05) is 0 Å². The van der Waals surface area contributed by atoms with Gasteiger partial charge in [-0.3, -0.25) is 4.68 Å². The van der Waals surface area contributed by atoms with Crippen molar-refractivity contribution in [2.45, 2.75) is 19.3 Å². The van der Waals surface area contributed by atoms with Crippen molar-refractivity contribution in [2.24, 2.45) is 18.7 Å². The van der Waals surface area contributed by atoms with Crippen LogP contribution >= 0.6 is 0 Å². The van der Waals surface area contributed by atoms with Crippen molar-refractivity contribution in [3.63, 3.8) is 0 Å². The molecular weight excluding hydrogens is 150 g/mol. The Labute approximate surface area is 72.6 Å². The molecule has 3 heteroatoms. The van der Waals surface area contributed by atoms with Crippen LogP contribution in [0, 0.1) is 12.8 Å². The van der Waals surface area contributed by atoms with Gasteiger partial charge in [-0.2, -0.15) is 5.10 Å². The monoisotopic (exact) mass is 165 g/mol. The van der Waals surface area contributed by atoms with Crippen molar-refractivity contribution >= 4 is 0 Å². The largest absolute Gasteiger partial charge is 0.330 e. The first kappa shape index (κ1) is 7.80. The quantitative estimate of drug-likeness (QED) is 0.704. The molecule has 0 aromatic carbocycles. The van der Waals surface area contributed by atoms with Crippen LogP contribution in [-0.4, -0.2) is 16.3 Å². The third-order valence-electron chi connectivity index (χ3n) is 2.75. The van der Waals surface area contributed by atoms with Crippen molar-refractivity contribution in [3.8, 4) is 0 Å². The standard InChI is InChI=1S/C9H15N3/c1-6-5-11-12(2)9(6)8-3-7(8)4-10/h5,7-8H,3-4,10H2,1-2H3/t7-,8+/m0/s1. The van der Waals surface area contributed by atoms with E-state index in [1.807, 2.05) is 17.9 Å². The van der Waals surface area contributed by atoms with Crippen LogP contribution in [0.3, 0.4) is 0 Å². The van der Waals surface area contributed by atoms with Gasteiger partial charge < -0.3 is 5.73 Å². The number of nitrogens with two attached hydrogens (primary N) is 1. The van der Waals surface area contributed by atoms with Crippen molar-refractivity contribution in [3.05, 3.63) is 17.5 Å². The first-order chi connectivity index (χ1) is 5.74. The minimum atomic E-state index is 0.683. The number of aryl methyl sites for hydroxylation is 2.